The first-order valence-electron chi connectivity index (χ1n) is 10.6. The number of carbonyl (C=O) groups is 1. The van der Waals surface area contributed by atoms with Crippen LogP contribution in [0.3, 0.4) is 0 Å². The Hall–Kier alpha value is -3.22. The second kappa shape index (κ2) is 8.88. The third kappa shape index (κ3) is 4.17. The molecule has 162 valence electrons. The third-order valence-electron chi connectivity index (χ3n) is 5.92. The van der Waals surface area contributed by atoms with Crippen molar-refractivity contribution in [1.29, 1.82) is 5.26 Å². The van der Waals surface area contributed by atoms with Crippen LogP contribution in [0.15, 0.2) is 28.7 Å². The number of likely N-dealkylation sites (N-methyl/N-ethyl adjacent to an activating group) is 1. The standard InChI is InChI=1S/C22H26N6O3/c1-16-4-3-5-28-19(16)24-20(26-8-6-25(2)7-9-26)18(22(28)30)14-17(15-23)21(29)27-10-12-31-13-11-27/h3-5,14H,6-13H2,1-2H3/p+1/b17-14-. The molecule has 9 nitrogen and oxygen atoms in total. The van der Waals surface area contributed by atoms with E-state index in [1.807, 2.05) is 19.1 Å². The Morgan fingerprint density at radius 3 is 2.65 bits per heavy atom. The fourth-order valence-electron chi connectivity index (χ4n) is 3.99. The van der Waals surface area contributed by atoms with Gasteiger partial charge in [0.15, 0.2) is 0 Å². The van der Waals surface area contributed by atoms with Crippen LogP contribution in [0.2, 0.25) is 0 Å². The Morgan fingerprint density at radius 1 is 1.26 bits per heavy atom. The van der Waals surface area contributed by atoms with Gasteiger partial charge in [0.05, 0.1) is 52.0 Å². The van der Waals surface area contributed by atoms with Crippen LogP contribution in [0.25, 0.3) is 11.7 Å². The van der Waals surface area contributed by atoms with Gasteiger partial charge in [0.25, 0.3) is 11.5 Å². The lowest BCUT2D eigenvalue weighted by Crippen LogP contribution is -3.12. The van der Waals surface area contributed by atoms with Crippen LogP contribution in [-0.4, -0.2) is 79.7 Å². The fraction of sp³-hybridized carbons (Fsp3) is 0.455. The van der Waals surface area contributed by atoms with Gasteiger partial charge in [0.1, 0.15) is 23.1 Å². The van der Waals surface area contributed by atoms with Gasteiger partial charge in [-0.3, -0.25) is 14.0 Å². The molecule has 2 aliphatic heterocycles. The molecule has 0 saturated carbocycles. The van der Waals surface area contributed by atoms with Gasteiger partial charge in [0.2, 0.25) is 0 Å². The molecule has 0 unspecified atom stereocenters. The maximum atomic E-state index is 13.5. The first kappa shape index (κ1) is 21.0. The van der Waals surface area contributed by atoms with Gasteiger partial charge >= 0.3 is 0 Å². The predicted octanol–water partition coefficient (Wildman–Crippen LogP) is -0.897. The van der Waals surface area contributed by atoms with Crippen molar-refractivity contribution in [1.82, 2.24) is 14.3 Å². The minimum atomic E-state index is -0.381. The summed E-state index contributed by atoms with van der Waals surface area (Å²) in [5, 5.41) is 9.73. The predicted molar refractivity (Wildman–Crippen MR) is 116 cm³/mol. The van der Waals surface area contributed by atoms with E-state index in [2.05, 4.69) is 11.9 Å². The third-order valence-corrected chi connectivity index (χ3v) is 5.92. The number of amides is 1. The van der Waals surface area contributed by atoms with Gasteiger partial charge < -0.3 is 19.4 Å². The highest BCUT2D eigenvalue weighted by atomic mass is 16.5. The molecule has 2 aromatic rings. The molecule has 0 atom stereocenters. The highest BCUT2D eigenvalue weighted by Crippen LogP contribution is 2.21. The van der Waals surface area contributed by atoms with Crippen LogP contribution in [0.5, 0.6) is 0 Å². The molecular formula is C22H27N6O3+. The van der Waals surface area contributed by atoms with Crippen molar-refractivity contribution in [3.8, 4) is 6.07 Å². The quantitative estimate of drug-likeness (QED) is 0.508. The number of hydrogen-bond acceptors (Lipinski definition) is 6. The molecule has 2 fully saturated rings. The van der Waals surface area contributed by atoms with E-state index in [1.54, 1.807) is 17.2 Å². The smallest absolute Gasteiger partial charge is 0.267 e. The molecule has 9 heteroatoms. The van der Waals surface area contributed by atoms with Crippen molar-refractivity contribution in [2.75, 3.05) is 64.4 Å². The van der Waals surface area contributed by atoms with Crippen LogP contribution < -0.4 is 15.4 Å². The fourth-order valence-corrected chi connectivity index (χ4v) is 3.99. The van der Waals surface area contributed by atoms with Crippen LogP contribution in [0.4, 0.5) is 5.82 Å². The van der Waals surface area contributed by atoms with Gasteiger partial charge in [-0.25, -0.2) is 4.98 Å². The normalized spacial score (nSPS) is 18.3. The van der Waals surface area contributed by atoms with Crippen molar-refractivity contribution in [2.45, 2.75) is 6.92 Å². The van der Waals surface area contributed by atoms with E-state index in [9.17, 15) is 14.9 Å². The molecule has 2 aromatic heterocycles. The minimum absolute atomic E-state index is 0.0607. The summed E-state index contributed by atoms with van der Waals surface area (Å²) in [5.74, 6) is 0.155. The Morgan fingerprint density at radius 2 is 1.97 bits per heavy atom. The first-order chi connectivity index (χ1) is 15.0. The monoisotopic (exact) mass is 423 g/mol. The van der Waals surface area contributed by atoms with Gasteiger partial charge in [-0.15, -0.1) is 0 Å². The molecule has 0 bridgehead atoms. The second-order valence-electron chi connectivity index (χ2n) is 8.06. The van der Waals surface area contributed by atoms with Crippen molar-refractivity contribution in [2.24, 2.45) is 0 Å². The van der Waals surface area contributed by atoms with Crippen LogP contribution in [0.1, 0.15) is 11.1 Å². The van der Waals surface area contributed by atoms with E-state index >= 15 is 0 Å². The number of ether oxygens (including phenoxy) is 1. The number of morpholine rings is 1. The number of rotatable bonds is 3. The first-order valence-corrected chi connectivity index (χ1v) is 10.6. The Kier molecular flexibility index (Phi) is 6.02. The summed E-state index contributed by atoms with van der Waals surface area (Å²) >= 11 is 0. The lowest BCUT2D eigenvalue weighted by molar-refractivity contribution is -0.880. The molecule has 0 radical (unpaired) electrons. The molecule has 4 rings (SSSR count). The summed E-state index contributed by atoms with van der Waals surface area (Å²) in [7, 11) is 2.14. The molecule has 2 saturated heterocycles. The zero-order valence-corrected chi connectivity index (χ0v) is 17.9. The van der Waals surface area contributed by atoms with E-state index in [4.69, 9.17) is 9.72 Å². The molecule has 0 aliphatic carbocycles. The summed E-state index contributed by atoms with van der Waals surface area (Å²) in [6.07, 6.45) is 3.09. The number of hydrogen-bond donors (Lipinski definition) is 1. The molecular weight excluding hydrogens is 396 g/mol. The number of carbonyl (C=O) groups excluding carboxylic acids is 1. The number of aryl methyl sites for hydroxylation is 1. The van der Waals surface area contributed by atoms with E-state index in [0.29, 0.717) is 37.8 Å². The second-order valence-corrected chi connectivity index (χ2v) is 8.06. The Balaban J connectivity index is 1.84. The Bertz CT molecular complexity index is 1120. The minimum Gasteiger partial charge on any atom is -0.378 e. The van der Waals surface area contributed by atoms with Gasteiger partial charge in [0, 0.05) is 19.3 Å². The Labute approximate surface area is 180 Å². The number of nitrogens with one attached hydrogen (secondary N) is 1. The highest BCUT2D eigenvalue weighted by molar-refractivity contribution is 6.02. The molecule has 1 N–H and O–H groups in total. The summed E-state index contributed by atoms with van der Waals surface area (Å²) in [5.41, 5.74) is 1.41. The maximum absolute atomic E-state index is 13.5. The number of anilines is 1. The molecule has 0 aromatic carbocycles. The average molecular weight is 423 g/mol. The van der Waals surface area contributed by atoms with Crippen molar-refractivity contribution in [3.05, 3.63) is 45.4 Å². The maximum Gasteiger partial charge on any atom is 0.267 e. The van der Waals surface area contributed by atoms with Crippen molar-refractivity contribution >= 4 is 23.4 Å². The zero-order chi connectivity index (χ0) is 22.0. The summed E-state index contributed by atoms with van der Waals surface area (Å²) < 4.78 is 6.79. The van der Waals surface area contributed by atoms with Gasteiger partial charge in [-0.05, 0) is 24.6 Å². The summed E-state index contributed by atoms with van der Waals surface area (Å²) in [6.45, 7) is 7.02. The largest absolute Gasteiger partial charge is 0.378 e. The van der Waals surface area contributed by atoms with Crippen molar-refractivity contribution in [3.63, 3.8) is 0 Å². The lowest BCUT2D eigenvalue weighted by Gasteiger charge is -2.32. The number of pyridine rings is 1. The number of piperazine rings is 1. The van der Waals surface area contributed by atoms with Gasteiger partial charge in [-0.2, -0.15) is 5.26 Å². The van der Waals surface area contributed by atoms with E-state index < -0.39 is 0 Å². The van der Waals surface area contributed by atoms with E-state index in [0.717, 1.165) is 31.7 Å². The molecule has 31 heavy (non-hydrogen) atoms. The van der Waals surface area contributed by atoms with Crippen LogP contribution in [0, 0.1) is 18.3 Å². The van der Waals surface area contributed by atoms with Crippen LogP contribution >= 0.6 is 0 Å². The SMILES string of the molecule is Cc1cccn2c(=O)c(/C=C(/C#N)C(=O)N3CCOCC3)c(N3CC[NH+](C)CC3)nc12. The van der Waals surface area contributed by atoms with E-state index in [-0.39, 0.29) is 22.6 Å². The number of nitrogens with zero attached hydrogens (tertiary/aromatic N) is 5. The average Bonchev–Trinajstić information content (AvgIpc) is 2.80. The number of aromatic nitrogens is 2. The number of quaternary nitrogens is 1. The van der Waals surface area contributed by atoms with Gasteiger partial charge in [-0.1, -0.05) is 6.07 Å². The topological polar surface area (TPSA) is 95.4 Å². The lowest BCUT2D eigenvalue weighted by atomic mass is 10.1. The highest BCUT2D eigenvalue weighted by Gasteiger charge is 2.26. The zero-order valence-electron chi connectivity index (χ0n) is 17.9. The molecule has 1 amide bonds. The number of fused-ring (bicyclic) bond motifs is 1. The molecule has 2 aliphatic rings. The van der Waals surface area contributed by atoms with Crippen molar-refractivity contribution < 1.29 is 14.4 Å². The molecule has 4 heterocycles. The van der Waals surface area contributed by atoms with Crippen LogP contribution in [-0.2, 0) is 9.53 Å². The summed E-state index contributed by atoms with van der Waals surface area (Å²) in [4.78, 5) is 36.3. The van der Waals surface area contributed by atoms with E-state index in [1.165, 1.54) is 15.4 Å². The summed E-state index contributed by atoms with van der Waals surface area (Å²) in [6, 6.07) is 5.71. The number of nitriles is 1. The molecule has 0 spiro atoms.